The van der Waals surface area contributed by atoms with Gasteiger partial charge in [0.25, 0.3) is 0 Å². The summed E-state index contributed by atoms with van der Waals surface area (Å²) in [5.74, 6) is -0.395. The van der Waals surface area contributed by atoms with Crippen LogP contribution in [0.15, 0.2) is 11.6 Å². The van der Waals surface area contributed by atoms with Crippen molar-refractivity contribution >= 4 is 0 Å². The maximum absolute atomic E-state index is 12.8. The van der Waals surface area contributed by atoms with Crippen molar-refractivity contribution in [1.82, 2.24) is 0 Å². The number of aliphatic hydroxyl groups is 14. The molecule has 4 heterocycles. The maximum Gasteiger partial charge on any atom is 0.187 e. The van der Waals surface area contributed by atoms with Crippen LogP contribution in [0.5, 0.6) is 0 Å². The van der Waals surface area contributed by atoms with Crippen molar-refractivity contribution < 1.29 is 109 Å². The minimum absolute atomic E-state index is 0.0508. The highest BCUT2D eigenvalue weighted by atomic mass is 16.8. The first kappa shape index (κ1) is 60.0. The molecule has 0 aromatic rings. The third-order valence-electron chi connectivity index (χ3n) is 20.5. The number of aliphatic hydroxyl groups excluding tert-OH is 14. The minimum Gasteiger partial charge on any atom is -0.394 e. The highest BCUT2D eigenvalue weighted by Gasteiger charge is 2.72. The van der Waals surface area contributed by atoms with Crippen LogP contribution >= 0.6 is 0 Å². The largest absolute Gasteiger partial charge is 0.394 e. The van der Waals surface area contributed by atoms with E-state index < -0.39 is 165 Å². The molecule has 0 unspecified atom stereocenters. The van der Waals surface area contributed by atoms with Crippen LogP contribution in [-0.4, -0.2) is 232 Å². The van der Waals surface area contributed by atoms with Crippen LogP contribution in [0.25, 0.3) is 0 Å². The third kappa shape index (κ3) is 10.6. The zero-order valence-electron chi connectivity index (χ0n) is 44.7. The Morgan fingerprint density at radius 2 is 1.16 bits per heavy atom. The zero-order valence-corrected chi connectivity index (χ0v) is 44.7. The summed E-state index contributed by atoms with van der Waals surface area (Å²) in [6.07, 6.45) is -22.6. The van der Waals surface area contributed by atoms with Crippen LogP contribution in [0.4, 0.5) is 0 Å². The van der Waals surface area contributed by atoms with Gasteiger partial charge in [-0.1, -0.05) is 46.3 Å². The molecular formula is C53H90O22. The van der Waals surface area contributed by atoms with Gasteiger partial charge in [0, 0.05) is 0 Å². The van der Waals surface area contributed by atoms with E-state index in [1.54, 1.807) is 0 Å². The van der Waals surface area contributed by atoms with Crippen LogP contribution in [0.2, 0.25) is 0 Å². The first-order valence-electron chi connectivity index (χ1n) is 27.3. The van der Waals surface area contributed by atoms with E-state index in [-0.39, 0.29) is 41.1 Å². The molecule has 8 aliphatic rings. The van der Waals surface area contributed by atoms with Crippen molar-refractivity contribution in [1.29, 1.82) is 0 Å². The molecule has 4 saturated heterocycles. The van der Waals surface area contributed by atoms with E-state index in [2.05, 4.69) is 40.7 Å². The standard InChI is InChI=1S/C53H90O22/c1-23(2)10-9-14-53(8,75-47-43(67)39(63)37(61)29(72-47)22-69-45-41(65)34(58)26(57)21-68-45)24-11-16-52(7)33(24)25(56)18-31-50(5)15-13-32(49(3,4)30(50)12-17-51(31,52)6)73-48-44(40(64)36(60)28(20-55)71-48)74-46-42(66)38(62)35(59)27(19-54)70-46/h10,24-48,54-67H,9,11-22H2,1-8H3/t24-,25+,26+,27+,28+,29+,30+,31+,32-,33-,34-,35+,36-,37+,38-,39-,40+,41+,42+,43+,44-,45-,46-,47-,48-,50-,51+,52+,53-/m0/s1. The second kappa shape index (κ2) is 22.7. The molecule has 0 amide bonds. The van der Waals surface area contributed by atoms with Gasteiger partial charge in [0.15, 0.2) is 25.2 Å². The number of ether oxygens (including phenoxy) is 8. The van der Waals surface area contributed by atoms with Gasteiger partial charge in [-0.15, -0.1) is 0 Å². The zero-order chi connectivity index (χ0) is 55.1. The maximum atomic E-state index is 12.8. The van der Waals surface area contributed by atoms with E-state index in [1.165, 1.54) is 0 Å². The van der Waals surface area contributed by atoms with Gasteiger partial charge in [-0.2, -0.15) is 0 Å². The van der Waals surface area contributed by atoms with Crippen molar-refractivity contribution in [2.45, 2.75) is 248 Å². The van der Waals surface area contributed by atoms with Gasteiger partial charge < -0.3 is 109 Å². The number of allylic oxidation sites excluding steroid dienone is 2. The smallest absolute Gasteiger partial charge is 0.187 e. The molecule has 434 valence electrons. The second-order valence-corrected chi connectivity index (χ2v) is 25.3. The molecule has 8 fully saturated rings. The predicted molar refractivity (Wildman–Crippen MR) is 260 cm³/mol. The molecule has 75 heavy (non-hydrogen) atoms. The first-order valence-corrected chi connectivity index (χ1v) is 27.3. The fourth-order valence-corrected chi connectivity index (χ4v) is 16.0. The molecular weight excluding hydrogens is 989 g/mol. The Kier molecular flexibility index (Phi) is 18.1. The minimum atomic E-state index is -1.81. The molecule has 14 N–H and O–H groups in total. The third-order valence-corrected chi connectivity index (χ3v) is 20.5. The normalized spacial score (nSPS) is 52.7. The molecule has 8 rings (SSSR count). The van der Waals surface area contributed by atoms with E-state index in [0.717, 1.165) is 24.8 Å². The van der Waals surface area contributed by atoms with Gasteiger partial charge in [-0.3, -0.25) is 0 Å². The van der Waals surface area contributed by atoms with Crippen molar-refractivity contribution in [3.05, 3.63) is 11.6 Å². The average Bonchev–Trinajstić information content (AvgIpc) is 3.75. The number of hydrogen-bond acceptors (Lipinski definition) is 22. The quantitative estimate of drug-likeness (QED) is 0.0651. The molecule has 0 aromatic carbocycles. The molecule has 4 saturated carbocycles. The van der Waals surface area contributed by atoms with Gasteiger partial charge in [-0.05, 0) is 124 Å². The van der Waals surface area contributed by atoms with E-state index in [0.29, 0.717) is 38.5 Å². The summed E-state index contributed by atoms with van der Waals surface area (Å²) in [5, 5.41) is 151. The van der Waals surface area contributed by atoms with Crippen LogP contribution < -0.4 is 0 Å². The van der Waals surface area contributed by atoms with Gasteiger partial charge in [0.1, 0.15) is 91.6 Å². The van der Waals surface area contributed by atoms with Crippen LogP contribution in [-0.2, 0) is 37.9 Å². The molecule has 0 aromatic heterocycles. The Hall–Kier alpha value is -1.14. The summed E-state index contributed by atoms with van der Waals surface area (Å²) in [5.41, 5.74) is -1.48. The number of fused-ring (bicyclic) bond motifs is 5. The van der Waals surface area contributed by atoms with Crippen molar-refractivity contribution in [2.24, 2.45) is 45.3 Å². The Bertz CT molecular complexity index is 1940. The molecule has 0 spiro atoms. The Morgan fingerprint density at radius 1 is 0.587 bits per heavy atom. The van der Waals surface area contributed by atoms with E-state index >= 15 is 0 Å². The van der Waals surface area contributed by atoms with E-state index in [4.69, 9.17) is 37.9 Å². The lowest BCUT2D eigenvalue weighted by molar-refractivity contribution is -0.378. The van der Waals surface area contributed by atoms with Crippen molar-refractivity contribution in [3.8, 4) is 0 Å². The molecule has 0 radical (unpaired) electrons. The highest BCUT2D eigenvalue weighted by molar-refractivity contribution is 5.20. The van der Waals surface area contributed by atoms with Gasteiger partial charge in [-0.25, -0.2) is 0 Å². The van der Waals surface area contributed by atoms with Crippen LogP contribution in [0.1, 0.15) is 113 Å². The lowest BCUT2D eigenvalue weighted by atomic mass is 9.35. The molecule has 29 atom stereocenters. The summed E-state index contributed by atoms with van der Waals surface area (Å²) in [4.78, 5) is 0. The molecule has 4 aliphatic heterocycles. The fourth-order valence-electron chi connectivity index (χ4n) is 16.0. The fraction of sp³-hybridized carbons (Fsp3) is 0.962. The van der Waals surface area contributed by atoms with E-state index in [1.807, 2.05) is 20.8 Å². The summed E-state index contributed by atoms with van der Waals surface area (Å²) < 4.78 is 48.8. The average molecular weight is 1080 g/mol. The van der Waals surface area contributed by atoms with Gasteiger partial charge in [0.2, 0.25) is 0 Å². The van der Waals surface area contributed by atoms with Crippen molar-refractivity contribution in [2.75, 3.05) is 26.4 Å². The summed E-state index contributed by atoms with van der Waals surface area (Å²) >= 11 is 0. The number of rotatable bonds is 15. The van der Waals surface area contributed by atoms with Crippen molar-refractivity contribution in [3.63, 3.8) is 0 Å². The number of hydrogen-bond donors (Lipinski definition) is 14. The van der Waals surface area contributed by atoms with E-state index in [9.17, 15) is 71.5 Å². The lowest BCUT2D eigenvalue weighted by Gasteiger charge is -2.71. The van der Waals surface area contributed by atoms with Gasteiger partial charge in [0.05, 0.1) is 44.2 Å². The second-order valence-electron chi connectivity index (χ2n) is 25.3. The Balaban J connectivity index is 1.01. The Morgan fingerprint density at radius 3 is 1.80 bits per heavy atom. The topological polar surface area (TPSA) is 357 Å². The summed E-state index contributed by atoms with van der Waals surface area (Å²) in [6, 6.07) is 0. The molecule has 22 heteroatoms. The lowest BCUT2D eigenvalue weighted by Crippen LogP contribution is -2.68. The predicted octanol–water partition coefficient (Wildman–Crippen LogP) is -1.56. The highest BCUT2D eigenvalue weighted by Crippen LogP contribution is 2.76. The monoisotopic (exact) mass is 1080 g/mol. The SMILES string of the molecule is CC(C)=CCC[C@](C)(O[C@@H]1O[C@H](CO[C@@H]2OC[C@@H](O)[C@H](O)[C@H]2O)[C@@H](O)[C@H](O)[C@H]1O)[C@H]1CC[C@]2(C)[C@@H]1[C@H](O)C[C@@H]1[C@@]3(C)CC[C@H](O[C@@H]4O[C@H](CO)[C@H](O)[C@@H](O)[C@@H]4O[C@@H]4O[C@H](CO)[C@@H](O)[C@H](O)[C@H]4O)C(C)(C)[C@H]3CC[C@]12C. The molecule has 0 bridgehead atoms. The summed E-state index contributed by atoms with van der Waals surface area (Å²) in [7, 11) is 0. The Labute approximate surface area is 439 Å². The molecule has 4 aliphatic carbocycles. The van der Waals surface area contributed by atoms with Crippen LogP contribution in [0.3, 0.4) is 0 Å². The first-order chi connectivity index (χ1) is 35.1. The summed E-state index contributed by atoms with van der Waals surface area (Å²) in [6.45, 7) is 15.1. The molecule has 22 nitrogen and oxygen atoms in total. The van der Waals surface area contributed by atoms with Crippen LogP contribution in [0, 0.1) is 45.3 Å². The van der Waals surface area contributed by atoms with Gasteiger partial charge >= 0.3 is 0 Å².